The monoisotopic (exact) mass is 287 g/mol. The number of aryl methyl sites for hydroxylation is 3. The van der Waals surface area contributed by atoms with Crippen LogP contribution >= 0.6 is 0 Å². The standard InChI is InChI=1S/C15H21N5O/c1-11-8-13(18-12(2)17-11)14-9-20(6-7-21-14)10-15-16-4-5-19(15)3/h4-5,8,14H,6-7,9-10H2,1-3H3/t14-/m0/s1. The summed E-state index contributed by atoms with van der Waals surface area (Å²) in [4.78, 5) is 15.6. The summed E-state index contributed by atoms with van der Waals surface area (Å²) in [7, 11) is 2.03. The summed E-state index contributed by atoms with van der Waals surface area (Å²) in [6, 6.07) is 2.02. The lowest BCUT2D eigenvalue weighted by Crippen LogP contribution is -2.38. The second-order valence-corrected chi connectivity index (χ2v) is 5.53. The zero-order valence-corrected chi connectivity index (χ0v) is 12.8. The molecule has 0 N–H and O–H groups in total. The van der Waals surface area contributed by atoms with Crippen LogP contribution in [0.5, 0.6) is 0 Å². The van der Waals surface area contributed by atoms with Gasteiger partial charge >= 0.3 is 0 Å². The summed E-state index contributed by atoms with van der Waals surface area (Å²) < 4.78 is 7.95. The molecule has 3 rings (SSSR count). The van der Waals surface area contributed by atoms with Crippen molar-refractivity contribution in [3.63, 3.8) is 0 Å². The second-order valence-electron chi connectivity index (χ2n) is 5.53. The summed E-state index contributed by atoms with van der Waals surface area (Å²) in [6.07, 6.45) is 3.83. The lowest BCUT2D eigenvalue weighted by atomic mass is 10.1. The molecule has 3 heterocycles. The van der Waals surface area contributed by atoms with E-state index in [0.29, 0.717) is 0 Å². The minimum absolute atomic E-state index is 0.0134. The molecule has 2 aromatic heterocycles. The first-order valence-electron chi connectivity index (χ1n) is 7.24. The molecule has 0 aromatic carbocycles. The van der Waals surface area contributed by atoms with Gasteiger partial charge in [-0.05, 0) is 19.9 Å². The van der Waals surface area contributed by atoms with E-state index in [1.165, 1.54) is 0 Å². The van der Waals surface area contributed by atoms with Gasteiger partial charge in [0.2, 0.25) is 0 Å². The lowest BCUT2D eigenvalue weighted by molar-refractivity contribution is -0.0361. The number of ether oxygens (including phenoxy) is 1. The van der Waals surface area contributed by atoms with Crippen molar-refractivity contribution in [1.82, 2.24) is 24.4 Å². The summed E-state index contributed by atoms with van der Waals surface area (Å²) in [6.45, 7) is 7.23. The van der Waals surface area contributed by atoms with Crippen molar-refractivity contribution in [2.24, 2.45) is 7.05 Å². The molecule has 1 fully saturated rings. The Hall–Kier alpha value is -1.79. The van der Waals surface area contributed by atoms with E-state index in [2.05, 4.69) is 24.4 Å². The average molecular weight is 287 g/mol. The van der Waals surface area contributed by atoms with Crippen LogP contribution in [0.3, 0.4) is 0 Å². The van der Waals surface area contributed by atoms with Gasteiger partial charge in [-0.2, -0.15) is 0 Å². The molecule has 6 heteroatoms. The van der Waals surface area contributed by atoms with Crippen molar-refractivity contribution in [2.45, 2.75) is 26.5 Å². The first-order chi connectivity index (χ1) is 10.1. The Balaban J connectivity index is 1.72. The van der Waals surface area contributed by atoms with Gasteiger partial charge in [-0.1, -0.05) is 0 Å². The zero-order chi connectivity index (χ0) is 14.8. The highest BCUT2D eigenvalue weighted by molar-refractivity contribution is 5.13. The quantitative estimate of drug-likeness (QED) is 0.854. The van der Waals surface area contributed by atoms with E-state index in [4.69, 9.17) is 4.74 Å². The maximum absolute atomic E-state index is 5.89. The van der Waals surface area contributed by atoms with Crippen molar-refractivity contribution in [3.05, 3.63) is 41.5 Å². The predicted octanol–water partition coefficient (Wildman–Crippen LogP) is 1.40. The summed E-state index contributed by atoms with van der Waals surface area (Å²) in [5.41, 5.74) is 1.96. The molecule has 112 valence electrons. The summed E-state index contributed by atoms with van der Waals surface area (Å²) in [5.74, 6) is 1.88. The van der Waals surface area contributed by atoms with Crippen molar-refractivity contribution in [2.75, 3.05) is 19.7 Å². The molecule has 2 aromatic rings. The highest BCUT2D eigenvalue weighted by atomic mass is 16.5. The van der Waals surface area contributed by atoms with E-state index in [1.54, 1.807) is 0 Å². The lowest BCUT2D eigenvalue weighted by Gasteiger charge is -2.32. The molecule has 0 spiro atoms. The molecule has 0 bridgehead atoms. The fourth-order valence-corrected chi connectivity index (χ4v) is 2.68. The number of rotatable bonds is 3. The van der Waals surface area contributed by atoms with Gasteiger partial charge in [0, 0.05) is 38.2 Å². The molecule has 6 nitrogen and oxygen atoms in total. The highest BCUT2D eigenvalue weighted by Gasteiger charge is 2.24. The van der Waals surface area contributed by atoms with Crippen LogP contribution in [0.2, 0.25) is 0 Å². The fourth-order valence-electron chi connectivity index (χ4n) is 2.68. The molecular formula is C15H21N5O. The van der Waals surface area contributed by atoms with E-state index in [1.807, 2.05) is 39.4 Å². The van der Waals surface area contributed by atoms with Crippen LogP contribution in [0.1, 0.15) is 29.1 Å². The molecule has 1 saturated heterocycles. The number of aromatic nitrogens is 4. The molecule has 1 aliphatic heterocycles. The van der Waals surface area contributed by atoms with Crippen molar-refractivity contribution >= 4 is 0 Å². The van der Waals surface area contributed by atoms with Crippen molar-refractivity contribution in [1.29, 1.82) is 0 Å². The van der Waals surface area contributed by atoms with Gasteiger partial charge in [0.25, 0.3) is 0 Å². The number of imidazole rings is 1. The topological polar surface area (TPSA) is 56.1 Å². The Morgan fingerprint density at radius 1 is 1.33 bits per heavy atom. The van der Waals surface area contributed by atoms with Gasteiger partial charge in [-0.15, -0.1) is 0 Å². The van der Waals surface area contributed by atoms with Crippen molar-refractivity contribution in [3.8, 4) is 0 Å². The Bertz CT molecular complexity index is 604. The van der Waals surface area contributed by atoms with Gasteiger partial charge in [-0.3, -0.25) is 4.90 Å². The molecule has 1 aliphatic rings. The maximum Gasteiger partial charge on any atom is 0.125 e. The average Bonchev–Trinajstić information content (AvgIpc) is 2.84. The Labute approximate surface area is 124 Å². The third-order valence-corrected chi connectivity index (χ3v) is 3.75. The molecule has 0 radical (unpaired) electrons. The van der Waals surface area contributed by atoms with Crippen LogP contribution in [-0.4, -0.2) is 44.1 Å². The Morgan fingerprint density at radius 2 is 2.19 bits per heavy atom. The third kappa shape index (κ3) is 3.28. The minimum atomic E-state index is 0.0134. The molecule has 0 saturated carbocycles. The molecule has 0 amide bonds. The summed E-state index contributed by atoms with van der Waals surface area (Å²) >= 11 is 0. The zero-order valence-electron chi connectivity index (χ0n) is 12.8. The van der Waals surface area contributed by atoms with Gasteiger partial charge in [0.1, 0.15) is 17.8 Å². The Kier molecular flexibility index (Phi) is 3.98. The largest absolute Gasteiger partial charge is 0.369 e. The van der Waals surface area contributed by atoms with E-state index in [-0.39, 0.29) is 6.10 Å². The van der Waals surface area contributed by atoms with Gasteiger partial charge in [0.15, 0.2) is 0 Å². The fraction of sp³-hybridized carbons (Fsp3) is 0.533. The molecule has 21 heavy (non-hydrogen) atoms. The van der Waals surface area contributed by atoms with E-state index in [0.717, 1.165) is 49.3 Å². The minimum Gasteiger partial charge on any atom is -0.369 e. The molecule has 0 unspecified atom stereocenters. The first-order valence-corrected chi connectivity index (χ1v) is 7.24. The van der Waals surface area contributed by atoms with Crippen LogP contribution in [0.25, 0.3) is 0 Å². The summed E-state index contributed by atoms with van der Waals surface area (Å²) in [5, 5.41) is 0. The van der Waals surface area contributed by atoms with Gasteiger partial charge in [0.05, 0.1) is 18.8 Å². The molecular weight excluding hydrogens is 266 g/mol. The second kappa shape index (κ2) is 5.91. The van der Waals surface area contributed by atoms with Crippen LogP contribution in [0.4, 0.5) is 0 Å². The van der Waals surface area contributed by atoms with Crippen LogP contribution in [0, 0.1) is 13.8 Å². The first kappa shape index (κ1) is 14.2. The number of hydrogen-bond donors (Lipinski definition) is 0. The third-order valence-electron chi connectivity index (χ3n) is 3.75. The number of hydrogen-bond acceptors (Lipinski definition) is 5. The number of nitrogens with zero attached hydrogens (tertiary/aromatic N) is 5. The van der Waals surface area contributed by atoms with Gasteiger partial charge in [-0.25, -0.2) is 15.0 Å². The van der Waals surface area contributed by atoms with Crippen LogP contribution in [-0.2, 0) is 18.3 Å². The SMILES string of the molecule is Cc1cc([C@@H]2CN(Cc3nccn3C)CCO2)nc(C)n1. The maximum atomic E-state index is 5.89. The predicted molar refractivity (Wildman–Crippen MR) is 78.7 cm³/mol. The smallest absolute Gasteiger partial charge is 0.125 e. The molecule has 1 atom stereocenters. The van der Waals surface area contributed by atoms with Crippen LogP contribution < -0.4 is 0 Å². The molecule has 0 aliphatic carbocycles. The highest BCUT2D eigenvalue weighted by Crippen LogP contribution is 2.22. The van der Waals surface area contributed by atoms with E-state index in [9.17, 15) is 0 Å². The van der Waals surface area contributed by atoms with Crippen LogP contribution in [0.15, 0.2) is 18.5 Å². The number of morpholine rings is 1. The van der Waals surface area contributed by atoms with E-state index >= 15 is 0 Å². The normalized spacial score (nSPS) is 19.9. The Morgan fingerprint density at radius 3 is 2.90 bits per heavy atom. The van der Waals surface area contributed by atoms with Gasteiger partial charge < -0.3 is 9.30 Å². The van der Waals surface area contributed by atoms with Crippen molar-refractivity contribution < 1.29 is 4.74 Å². The van der Waals surface area contributed by atoms with E-state index < -0.39 is 0 Å².